The van der Waals surface area contributed by atoms with Crippen LogP contribution in [-0.4, -0.2) is 5.84 Å². The molecule has 0 aliphatic rings. The second-order valence-electron chi connectivity index (χ2n) is 3.61. The van der Waals surface area contributed by atoms with Crippen LogP contribution in [0.5, 0.6) is 0 Å². The molecule has 14 heavy (non-hydrogen) atoms. The Labute approximate surface area is 93.1 Å². The molecule has 0 saturated carbocycles. The molecule has 76 valence electrons. The Hall–Kier alpha value is -0.830. The van der Waals surface area contributed by atoms with Gasteiger partial charge in [-0.05, 0) is 31.0 Å². The molecule has 1 atom stereocenters. The first-order valence-electron chi connectivity index (χ1n) is 4.61. The van der Waals surface area contributed by atoms with Crippen molar-refractivity contribution in [2.24, 2.45) is 5.73 Å². The van der Waals surface area contributed by atoms with Crippen molar-refractivity contribution in [1.82, 2.24) is 0 Å². The number of amidine groups is 1. The summed E-state index contributed by atoms with van der Waals surface area (Å²) in [4.78, 5) is 0. The first kappa shape index (κ1) is 11.2. The molecule has 0 amide bonds. The van der Waals surface area contributed by atoms with E-state index in [1.165, 1.54) is 0 Å². The van der Waals surface area contributed by atoms with Crippen molar-refractivity contribution in [3.8, 4) is 0 Å². The SMILES string of the molecule is CCC(C)(C(=N)N)c1ccc(Br)cc1. The third kappa shape index (κ3) is 1.98. The molecule has 0 spiro atoms. The van der Waals surface area contributed by atoms with E-state index in [9.17, 15) is 0 Å². The summed E-state index contributed by atoms with van der Waals surface area (Å²) in [6, 6.07) is 7.97. The molecule has 1 aromatic carbocycles. The summed E-state index contributed by atoms with van der Waals surface area (Å²) in [5, 5.41) is 7.61. The summed E-state index contributed by atoms with van der Waals surface area (Å²) < 4.78 is 1.04. The zero-order valence-corrected chi connectivity index (χ0v) is 10.1. The maximum Gasteiger partial charge on any atom is 0.101 e. The minimum Gasteiger partial charge on any atom is -0.387 e. The molecule has 2 nitrogen and oxygen atoms in total. The Morgan fingerprint density at radius 1 is 1.43 bits per heavy atom. The topological polar surface area (TPSA) is 49.9 Å². The third-order valence-electron chi connectivity index (χ3n) is 2.78. The van der Waals surface area contributed by atoms with Gasteiger partial charge in [-0.15, -0.1) is 0 Å². The lowest BCUT2D eigenvalue weighted by Gasteiger charge is -2.27. The quantitative estimate of drug-likeness (QED) is 0.633. The molecule has 0 saturated heterocycles. The molecule has 3 N–H and O–H groups in total. The lowest BCUT2D eigenvalue weighted by atomic mass is 9.79. The van der Waals surface area contributed by atoms with E-state index in [2.05, 4.69) is 15.9 Å². The lowest BCUT2D eigenvalue weighted by Crippen LogP contribution is -2.37. The summed E-state index contributed by atoms with van der Waals surface area (Å²) in [5.41, 5.74) is 6.38. The molecule has 1 unspecified atom stereocenters. The van der Waals surface area contributed by atoms with E-state index in [0.29, 0.717) is 0 Å². The van der Waals surface area contributed by atoms with Crippen LogP contribution in [-0.2, 0) is 5.41 Å². The van der Waals surface area contributed by atoms with Gasteiger partial charge in [0.05, 0.1) is 0 Å². The van der Waals surface area contributed by atoms with E-state index in [1.807, 2.05) is 38.1 Å². The van der Waals surface area contributed by atoms with Gasteiger partial charge in [0.15, 0.2) is 0 Å². The number of nitrogens with two attached hydrogens (primary N) is 1. The number of hydrogen-bond acceptors (Lipinski definition) is 1. The summed E-state index contributed by atoms with van der Waals surface area (Å²) >= 11 is 3.39. The van der Waals surface area contributed by atoms with Crippen molar-refractivity contribution in [2.75, 3.05) is 0 Å². The zero-order chi connectivity index (χ0) is 10.8. The smallest absolute Gasteiger partial charge is 0.101 e. The van der Waals surface area contributed by atoms with Crippen LogP contribution >= 0.6 is 15.9 Å². The Morgan fingerprint density at radius 3 is 2.29 bits per heavy atom. The minimum atomic E-state index is -0.333. The number of halogens is 1. The number of rotatable bonds is 3. The summed E-state index contributed by atoms with van der Waals surface area (Å²) in [6.45, 7) is 4.04. The van der Waals surface area contributed by atoms with E-state index in [-0.39, 0.29) is 11.3 Å². The van der Waals surface area contributed by atoms with Crippen molar-refractivity contribution in [3.05, 3.63) is 34.3 Å². The number of hydrogen-bond donors (Lipinski definition) is 2. The molecular weight excluding hydrogens is 240 g/mol. The van der Waals surface area contributed by atoms with Crippen molar-refractivity contribution >= 4 is 21.8 Å². The van der Waals surface area contributed by atoms with Gasteiger partial charge in [0.1, 0.15) is 5.84 Å². The molecule has 0 fully saturated rings. The Morgan fingerprint density at radius 2 is 1.93 bits per heavy atom. The van der Waals surface area contributed by atoms with E-state index in [0.717, 1.165) is 16.5 Å². The first-order valence-corrected chi connectivity index (χ1v) is 5.40. The molecular formula is C11H15BrN2. The van der Waals surface area contributed by atoms with Gasteiger partial charge in [0.25, 0.3) is 0 Å². The third-order valence-corrected chi connectivity index (χ3v) is 3.31. The Bertz CT molecular complexity index is 332. The van der Waals surface area contributed by atoms with Crippen LogP contribution in [0, 0.1) is 5.41 Å². The highest BCUT2D eigenvalue weighted by molar-refractivity contribution is 9.10. The van der Waals surface area contributed by atoms with E-state index in [4.69, 9.17) is 11.1 Å². The van der Waals surface area contributed by atoms with Crippen molar-refractivity contribution in [1.29, 1.82) is 5.41 Å². The van der Waals surface area contributed by atoms with Gasteiger partial charge in [0.2, 0.25) is 0 Å². The lowest BCUT2D eigenvalue weighted by molar-refractivity contribution is 0.603. The first-order chi connectivity index (χ1) is 6.50. The summed E-state index contributed by atoms with van der Waals surface area (Å²) in [5.74, 6) is 0.224. The van der Waals surface area contributed by atoms with E-state index >= 15 is 0 Å². The van der Waals surface area contributed by atoms with Crippen LogP contribution in [0.4, 0.5) is 0 Å². The maximum absolute atomic E-state index is 7.61. The monoisotopic (exact) mass is 254 g/mol. The molecule has 0 radical (unpaired) electrons. The largest absolute Gasteiger partial charge is 0.387 e. The average molecular weight is 255 g/mol. The number of benzene rings is 1. The highest BCUT2D eigenvalue weighted by atomic mass is 79.9. The zero-order valence-electron chi connectivity index (χ0n) is 8.47. The minimum absolute atomic E-state index is 0.224. The van der Waals surface area contributed by atoms with Crippen molar-refractivity contribution in [3.63, 3.8) is 0 Å². The molecule has 3 heteroatoms. The molecule has 0 aromatic heterocycles. The van der Waals surface area contributed by atoms with Crippen LogP contribution in [0.2, 0.25) is 0 Å². The van der Waals surface area contributed by atoms with Crippen LogP contribution in [0.1, 0.15) is 25.8 Å². The van der Waals surface area contributed by atoms with Crippen LogP contribution < -0.4 is 5.73 Å². The molecule has 0 aliphatic heterocycles. The highest BCUT2D eigenvalue weighted by Gasteiger charge is 2.27. The second kappa shape index (κ2) is 4.13. The molecule has 1 aromatic rings. The van der Waals surface area contributed by atoms with Gasteiger partial charge < -0.3 is 5.73 Å². The fraction of sp³-hybridized carbons (Fsp3) is 0.364. The standard InChI is InChI=1S/C11H15BrN2/c1-3-11(2,10(13)14)8-4-6-9(12)7-5-8/h4-7H,3H2,1-2H3,(H3,13,14). The molecule has 0 aliphatic carbocycles. The molecule has 0 heterocycles. The predicted molar refractivity (Wildman–Crippen MR) is 63.7 cm³/mol. The van der Waals surface area contributed by atoms with Crippen LogP contribution in [0.15, 0.2) is 28.7 Å². The van der Waals surface area contributed by atoms with Crippen LogP contribution in [0.3, 0.4) is 0 Å². The second-order valence-corrected chi connectivity index (χ2v) is 4.52. The molecule has 0 bridgehead atoms. The van der Waals surface area contributed by atoms with Gasteiger partial charge in [-0.25, -0.2) is 0 Å². The van der Waals surface area contributed by atoms with Crippen molar-refractivity contribution in [2.45, 2.75) is 25.7 Å². The fourth-order valence-corrected chi connectivity index (χ4v) is 1.63. The van der Waals surface area contributed by atoms with E-state index in [1.54, 1.807) is 0 Å². The van der Waals surface area contributed by atoms with Gasteiger partial charge in [-0.3, -0.25) is 5.41 Å². The van der Waals surface area contributed by atoms with Crippen molar-refractivity contribution < 1.29 is 0 Å². The number of nitrogens with one attached hydrogen (secondary N) is 1. The van der Waals surface area contributed by atoms with Gasteiger partial charge in [-0.1, -0.05) is 35.0 Å². The van der Waals surface area contributed by atoms with Gasteiger partial charge in [0, 0.05) is 9.89 Å². The summed E-state index contributed by atoms with van der Waals surface area (Å²) in [6.07, 6.45) is 0.837. The van der Waals surface area contributed by atoms with E-state index < -0.39 is 0 Å². The maximum atomic E-state index is 7.61. The summed E-state index contributed by atoms with van der Waals surface area (Å²) in [7, 11) is 0. The average Bonchev–Trinajstić information content (AvgIpc) is 2.17. The normalized spacial score (nSPS) is 14.8. The highest BCUT2D eigenvalue weighted by Crippen LogP contribution is 2.28. The Balaban J connectivity index is 3.13. The van der Waals surface area contributed by atoms with Gasteiger partial charge >= 0.3 is 0 Å². The molecule has 1 rings (SSSR count). The fourth-order valence-electron chi connectivity index (χ4n) is 1.37. The predicted octanol–water partition coefficient (Wildman–Crippen LogP) is 3.05. The van der Waals surface area contributed by atoms with Gasteiger partial charge in [-0.2, -0.15) is 0 Å². The van der Waals surface area contributed by atoms with Crippen LogP contribution in [0.25, 0.3) is 0 Å². The Kier molecular flexibility index (Phi) is 3.32.